The number of fused-ring (bicyclic) bond motifs is 1. The summed E-state index contributed by atoms with van der Waals surface area (Å²) in [5, 5.41) is 7.22. The first-order valence-electron chi connectivity index (χ1n) is 6.14. The summed E-state index contributed by atoms with van der Waals surface area (Å²) in [6, 6.07) is 9.15. The zero-order valence-corrected chi connectivity index (χ0v) is 11.1. The molecule has 1 aromatic carbocycles. The zero-order chi connectivity index (χ0) is 12.1. The summed E-state index contributed by atoms with van der Waals surface area (Å²) in [5.74, 6) is 0. The molecule has 0 spiro atoms. The van der Waals surface area contributed by atoms with Crippen LogP contribution in [0.25, 0.3) is 10.1 Å². The summed E-state index contributed by atoms with van der Waals surface area (Å²) < 4.78 is 1.39. The fraction of sp³-hybridized carbons (Fsp3) is 0.333. The van der Waals surface area contributed by atoms with Gasteiger partial charge in [0.15, 0.2) is 0 Å². The number of hydrogen-bond acceptors (Lipinski definition) is 2. The first-order valence-corrected chi connectivity index (χ1v) is 7.02. The Morgan fingerprint density at radius 1 is 1.41 bits per heavy atom. The second-order valence-corrected chi connectivity index (χ2v) is 5.15. The van der Waals surface area contributed by atoms with Crippen LogP contribution in [0.2, 0.25) is 0 Å². The summed E-state index contributed by atoms with van der Waals surface area (Å²) in [5.41, 5.74) is 1.46. The molecule has 0 bridgehead atoms. The van der Waals surface area contributed by atoms with Gasteiger partial charge in [0, 0.05) is 10.7 Å². The summed E-state index contributed by atoms with van der Waals surface area (Å²) in [7, 11) is 0. The van der Waals surface area contributed by atoms with E-state index in [1.807, 2.05) is 17.4 Å². The standard InChI is InChI=1S/C15H19NS/c1-3-7-13(16-4-2)10-12-11-17-15-9-6-5-8-14(12)15/h3,5-6,8-9,11,13,16H,1,4,7,10H2,2H3. The minimum absolute atomic E-state index is 0.510. The fourth-order valence-corrected chi connectivity index (χ4v) is 3.16. The first-order chi connectivity index (χ1) is 8.35. The molecule has 0 radical (unpaired) electrons. The van der Waals surface area contributed by atoms with Gasteiger partial charge in [-0.2, -0.15) is 0 Å². The first kappa shape index (κ1) is 12.3. The highest BCUT2D eigenvalue weighted by Gasteiger charge is 2.10. The topological polar surface area (TPSA) is 12.0 Å². The van der Waals surface area contributed by atoms with Gasteiger partial charge < -0.3 is 5.32 Å². The van der Waals surface area contributed by atoms with Crippen LogP contribution in [0.3, 0.4) is 0 Å². The summed E-state index contributed by atoms with van der Waals surface area (Å²) in [4.78, 5) is 0. The molecule has 0 saturated heterocycles. The lowest BCUT2D eigenvalue weighted by atomic mass is 10.0. The molecule has 2 heteroatoms. The molecule has 1 atom stereocenters. The smallest absolute Gasteiger partial charge is 0.0345 e. The molecule has 0 saturated carbocycles. The quantitative estimate of drug-likeness (QED) is 0.759. The van der Waals surface area contributed by atoms with Gasteiger partial charge in [0.1, 0.15) is 0 Å². The Kier molecular flexibility index (Phi) is 4.35. The van der Waals surface area contributed by atoms with E-state index in [2.05, 4.69) is 48.5 Å². The molecular formula is C15H19NS. The van der Waals surface area contributed by atoms with Gasteiger partial charge in [-0.25, -0.2) is 0 Å². The molecule has 0 aliphatic rings. The van der Waals surface area contributed by atoms with E-state index >= 15 is 0 Å². The maximum absolute atomic E-state index is 3.84. The Bertz CT molecular complexity index is 486. The van der Waals surface area contributed by atoms with E-state index in [4.69, 9.17) is 0 Å². The normalized spacial score (nSPS) is 12.8. The molecular weight excluding hydrogens is 226 g/mol. The average molecular weight is 245 g/mol. The summed E-state index contributed by atoms with van der Waals surface area (Å²) in [6.07, 6.45) is 4.11. The van der Waals surface area contributed by atoms with E-state index in [1.54, 1.807) is 0 Å². The summed E-state index contributed by atoms with van der Waals surface area (Å²) in [6.45, 7) is 7.01. The van der Waals surface area contributed by atoms with E-state index in [1.165, 1.54) is 15.6 Å². The van der Waals surface area contributed by atoms with Gasteiger partial charge in [0.25, 0.3) is 0 Å². The third-order valence-corrected chi connectivity index (χ3v) is 3.98. The minimum atomic E-state index is 0.510. The Morgan fingerprint density at radius 2 is 2.24 bits per heavy atom. The van der Waals surface area contributed by atoms with Gasteiger partial charge in [-0.1, -0.05) is 31.2 Å². The molecule has 1 nitrogen and oxygen atoms in total. The number of hydrogen-bond donors (Lipinski definition) is 1. The van der Waals surface area contributed by atoms with Crippen molar-refractivity contribution in [3.8, 4) is 0 Å². The number of benzene rings is 1. The molecule has 1 N–H and O–H groups in total. The van der Waals surface area contributed by atoms with Crippen LogP contribution in [0, 0.1) is 0 Å². The van der Waals surface area contributed by atoms with E-state index in [0.717, 1.165) is 19.4 Å². The van der Waals surface area contributed by atoms with E-state index < -0.39 is 0 Å². The van der Waals surface area contributed by atoms with Crippen molar-refractivity contribution in [3.05, 3.63) is 47.9 Å². The van der Waals surface area contributed by atoms with E-state index in [9.17, 15) is 0 Å². The molecule has 0 fully saturated rings. The van der Waals surface area contributed by atoms with Crippen molar-refractivity contribution in [3.63, 3.8) is 0 Å². The van der Waals surface area contributed by atoms with Crippen molar-refractivity contribution < 1.29 is 0 Å². The Hall–Kier alpha value is -1.12. The molecule has 90 valence electrons. The Balaban J connectivity index is 2.18. The largest absolute Gasteiger partial charge is 0.314 e. The van der Waals surface area contributed by atoms with Crippen molar-refractivity contribution in [2.45, 2.75) is 25.8 Å². The molecule has 1 heterocycles. The summed E-state index contributed by atoms with van der Waals surface area (Å²) >= 11 is 1.84. The molecule has 17 heavy (non-hydrogen) atoms. The Morgan fingerprint density at radius 3 is 3.00 bits per heavy atom. The van der Waals surface area contributed by atoms with Crippen LogP contribution in [0.15, 0.2) is 42.3 Å². The van der Waals surface area contributed by atoms with Crippen LogP contribution in [0.5, 0.6) is 0 Å². The van der Waals surface area contributed by atoms with Gasteiger partial charge in [-0.15, -0.1) is 17.9 Å². The fourth-order valence-electron chi connectivity index (χ4n) is 2.19. The number of nitrogens with one attached hydrogen (secondary N) is 1. The lowest BCUT2D eigenvalue weighted by Crippen LogP contribution is -2.30. The molecule has 1 unspecified atom stereocenters. The highest BCUT2D eigenvalue weighted by Crippen LogP contribution is 2.26. The lowest BCUT2D eigenvalue weighted by Gasteiger charge is -2.15. The van der Waals surface area contributed by atoms with Gasteiger partial charge >= 0.3 is 0 Å². The predicted molar refractivity (Wildman–Crippen MR) is 77.8 cm³/mol. The van der Waals surface area contributed by atoms with Crippen molar-refractivity contribution in [1.29, 1.82) is 0 Å². The number of likely N-dealkylation sites (N-methyl/N-ethyl adjacent to an activating group) is 1. The maximum Gasteiger partial charge on any atom is 0.0345 e. The van der Waals surface area contributed by atoms with E-state index in [0.29, 0.717) is 6.04 Å². The van der Waals surface area contributed by atoms with Crippen molar-refractivity contribution in [2.75, 3.05) is 6.54 Å². The van der Waals surface area contributed by atoms with Crippen molar-refractivity contribution >= 4 is 21.4 Å². The third-order valence-electron chi connectivity index (χ3n) is 2.97. The second-order valence-electron chi connectivity index (χ2n) is 4.24. The van der Waals surface area contributed by atoms with Crippen LogP contribution in [0.4, 0.5) is 0 Å². The second kappa shape index (κ2) is 5.99. The maximum atomic E-state index is 3.84. The van der Waals surface area contributed by atoms with Crippen LogP contribution in [0.1, 0.15) is 18.9 Å². The molecule has 0 aliphatic carbocycles. The van der Waals surface area contributed by atoms with Gasteiger partial charge in [-0.3, -0.25) is 0 Å². The van der Waals surface area contributed by atoms with Crippen LogP contribution >= 0.6 is 11.3 Å². The highest BCUT2D eigenvalue weighted by atomic mass is 32.1. The molecule has 2 aromatic rings. The minimum Gasteiger partial charge on any atom is -0.314 e. The Labute approximate surface area is 107 Å². The molecule has 0 amide bonds. The average Bonchev–Trinajstić information content (AvgIpc) is 2.74. The van der Waals surface area contributed by atoms with Gasteiger partial charge in [-0.05, 0) is 41.8 Å². The zero-order valence-electron chi connectivity index (χ0n) is 10.3. The lowest BCUT2D eigenvalue weighted by molar-refractivity contribution is 0.531. The van der Waals surface area contributed by atoms with Crippen molar-refractivity contribution in [1.82, 2.24) is 5.32 Å². The highest BCUT2D eigenvalue weighted by molar-refractivity contribution is 7.17. The number of rotatable bonds is 6. The molecule has 1 aromatic heterocycles. The van der Waals surface area contributed by atoms with Crippen molar-refractivity contribution in [2.24, 2.45) is 0 Å². The van der Waals surface area contributed by atoms with Gasteiger partial charge in [0.05, 0.1) is 0 Å². The molecule has 2 rings (SSSR count). The van der Waals surface area contributed by atoms with E-state index in [-0.39, 0.29) is 0 Å². The van der Waals surface area contributed by atoms with Gasteiger partial charge in [0.2, 0.25) is 0 Å². The monoisotopic (exact) mass is 245 g/mol. The van der Waals surface area contributed by atoms with Crippen LogP contribution < -0.4 is 5.32 Å². The third kappa shape index (κ3) is 2.96. The van der Waals surface area contributed by atoms with Crippen LogP contribution in [-0.2, 0) is 6.42 Å². The molecule has 0 aliphatic heterocycles. The van der Waals surface area contributed by atoms with Crippen LogP contribution in [-0.4, -0.2) is 12.6 Å². The predicted octanol–water partition coefficient (Wildman–Crippen LogP) is 4.00. The SMILES string of the molecule is C=CCC(Cc1csc2ccccc12)NCC. The number of thiophene rings is 1.